The van der Waals surface area contributed by atoms with Gasteiger partial charge in [-0.1, -0.05) is 44.2 Å². The van der Waals surface area contributed by atoms with E-state index < -0.39 is 12.2 Å². The summed E-state index contributed by atoms with van der Waals surface area (Å²) in [6, 6.07) is 9.50. The van der Waals surface area contributed by atoms with Gasteiger partial charge in [0.25, 0.3) is 0 Å². The van der Waals surface area contributed by atoms with Crippen LogP contribution >= 0.6 is 0 Å². The Morgan fingerprint density at radius 3 is 2.33 bits per heavy atom. The molecule has 1 saturated heterocycles. The summed E-state index contributed by atoms with van der Waals surface area (Å²) in [5.74, 6) is -0.0112. The highest BCUT2D eigenvalue weighted by Crippen LogP contribution is 2.37. The van der Waals surface area contributed by atoms with Gasteiger partial charge >= 0.3 is 0 Å². The third kappa shape index (κ3) is 4.77. The Morgan fingerprint density at radius 2 is 1.70 bits per heavy atom. The lowest BCUT2D eigenvalue weighted by Gasteiger charge is -2.40. The van der Waals surface area contributed by atoms with Gasteiger partial charge in [0.2, 0.25) is 11.8 Å². The Kier molecular flexibility index (Phi) is 6.33. The van der Waals surface area contributed by atoms with Crippen LogP contribution in [0.25, 0.3) is 0 Å². The van der Waals surface area contributed by atoms with E-state index in [2.05, 4.69) is 6.92 Å². The molecule has 1 aromatic rings. The first-order valence-electron chi connectivity index (χ1n) is 10.1. The predicted molar refractivity (Wildman–Crippen MR) is 102 cm³/mol. The summed E-state index contributed by atoms with van der Waals surface area (Å²) in [5, 5.41) is 21.2. The Labute approximate surface area is 161 Å². The van der Waals surface area contributed by atoms with E-state index in [0.717, 1.165) is 18.4 Å². The van der Waals surface area contributed by atoms with E-state index in [0.29, 0.717) is 18.9 Å². The van der Waals surface area contributed by atoms with Gasteiger partial charge in [-0.05, 0) is 42.6 Å². The topological polar surface area (TPSA) is 77.8 Å². The van der Waals surface area contributed by atoms with E-state index in [1.807, 2.05) is 37.3 Å². The standard InChI is InChI=1S/C22H31NO4/c1-14-8-15(2)22(27)18(9-14)19(24)10-17-11-20(25)23(21(26)12-17)13-16-6-4-3-5-7-16/h3-7,14-15,17-19,22,24,27H,8-13H2,1-2H3/t14-,15+,18?,19-,22+/m1/s1. The number of aliphatic hydroxyl groups excluding tert-OH is 2. The van der Waals surface area contributed by atoms with Gasteiger partial charge in [0.1, 0.15) is 0 Å². The van der Waals surface area contributed by atoms with Gasteiger partial charge in [-0.25, -0.2) is 0 Å². The van der Waals surface area contributed by atoms with Crippen molar-refractivity contribution in [3.8, 4) is 0 Å². The monoisotopic (exact) mass is 373 g/mol. The van der Waals surface area contributed by atoms with Crippen molar-refractivity contribution in [2.24, 2.45) is 23.7 Å². The molecule has 1 aliphatic carbocycles. The first-order valence-corrected chi connectivity index (χ1v) is 10.1. The van der Waals surface area contributed by atoms with E-state index >= 15 is 0 Å². The van der Waals surface area contributed by atoms with Gasteiger partial charge < -0.3 is 10.2 Å². The van der Waals surface area contributed by atoms with Gasteiger partial charge in [-0.15, -0.1) is 0 Å². The first-order chi connectivity index (χ1) is 12.8. The molecule has 2 aliphatic rings. The zero-order valence-electron chi connectivity index (χ0n) is 16.3. The third-order valence-corrected chi connectivity index (χ3v) is 6.25. The van der Waals surface area contributed by atoms with Crippen molar-refractivity contribution in [3.63, 3.8) is 0 Å². The molecular weight excluding hydrogens is 342 g/mol. The van der Waals surface area contributed by atoms with E-state index in [4.69, 9.17) is 0 Å². The van der Waals surface area contributed by atoms with Crippen molar-refractivity contribution in [1.82, 2.24) is 4.90 Å². The molecule has 5 nitrogen and oxygen atoms in total. The maximum atomic E-state index is 12.5. The highest BCUT2D eigenvalue weighted by molar-refractivity contribution is 5.97. The van der Waals surface area contributed by atoms with Gasteiger partial charge in [-0.3, -0.25) is 14.5 Å². The number of piperidine rings is 1. The predicted octanol–water partition coefficient (Wildman–Crippen LogP) is 2.75. The largest absolute Gasteiger partial charge is 0.393 e. The number of carbonyl (C=O) groups is 2. The van der Waals surface area contributed by atoms with Crippen molar-refractivity contribution in [3.05, 3.63) is 35.9 Å². The van der Waals surface area contributed by atoms with Crippen LogP contribution in [0.5, 0.6) is 0 Å². The summed E-state index contributed by atoms with van der Waals surface area (Å²) in [7, 11) is 0. The number of aliphatic hydroxyl groups is 2. The van der Waals surface area contributed by atoms with Crippen molar-refractivity contribution < 1.29 is 19.8 Å². The summed E-state index contributed by atoms with van der Waals surface area (Å²) in [5.41, 5.74) is 0.936. The molecule has 5 atom stereocenters. The second kappa shape index (κ2) is 8.53. The second-order valence-corrected chi connectivity index (χ2v) is 8.64. The molecule has 1 aromatic carbocycles. The minimum Gasteiger partial charge on any atom is -0.393 e. The Bertz CT molecular complexity index is 644. The van der Waals surface area contributed by atoms with Gasteiger partial charge in [0, 0.05) is 18.8 Å². The van der Waals surface area contributed by atoms with Crippen LogP contribution in [0, 0.1) is 23.7 Å². The zero-order valence-corrected chi connectivity index (χ0v) is 16.3. The van der Waals surface area contributed by atoms with Crippen LogP contribution in [0.15, 0.2) is 30.3 Å². The highest BCUT2D eigenvalue weighted by atomic mass is 16.3. The average Bonchev–Trinajstić information content (AvgIpc) is 2.62. The summed E-state index contributed by atoms with van der Waals surface area (Å²) in [6.07, 6.45) is 1.54. The molecule has 2 fully saturated rings. The van der Waals surface area contributed by atoms with Gasteiger partial charge in [-0.2, -0.15) is 0 Å². The molecule has 1 aliphatic heterocycles. The number of hydrogen-bond donors (Lipinski definition) is 2. The molecule has 1 saturated carbocycles. The molecule has 0 spiro atoms. The average molecular weight is 373 g/mol. The van der Waals surface area contributed by atoms with E-state index in [1.54, 1.807) is 0 Å². The Hall–Kier alpha value is -1.72. The lowest BCUT2D eigenvalue weighted by atomic mass is 9.70. The minimum absolute atomic E-state index is 0.147. The fourth-order valence-electron chi connectivity index (χ4n) is 4.83. The quantitative estimate of drug-likeness (QED) is 0.778. The number of nitrogens with zero attached hydrogens (tertiary/aromatic N) is 1. The van der Waals surface area contributed by atoms with Crippen molar-refractivity contribution in [2.75, 3.05) is 0 Å². The first kappa shape index (κ1) is 20.0. The number of amides is 2. The maximum Gasteiger partial charge on any atom is 0.229 e. The molecule has 1 unspecified atom stereocenters. The highest BCUT2D eigenvalue weighted by Gasteiger charge is 2.39. The smallest absolute Gasteiger partial charge is 0.229 e. The number of imide groups is 1. The minimum atomic E-state index is -0.670. The molecule has 2 N–H and O–H groups in total. The van der Waals surface area contributed by atoms with Crippen LogP contribution in [0.2, 0.25) is 0 Å². The van der Waals surface area contributed by atoms with Crippen molar-refractivity contribution in [1.29, 1.82) is 0 Å². The van der Waals surface area contributed by atoms with Crippen molar-refractivity contribution >= 4 is 11.8 Å². The molecule has 0 bridgehead atoms. The number of likely N-dealkylation sites (tertiary alicyclic amines) is 1. The summed E-state index contributed by atoms with van der Waals surface area (Å²) in [4.78, 5) is 26.4. The number of hydrogen-bond acceptors (Lipinski definition) is 4. The van der Waals surface area contributed by atoms with Crippen LogP contribution in [0.3, 0.4) is 0 Å². The summed E-state index contributed by atoms with van der Waals surface area (Å²) < 4.78 is 0. The molecule has 0 aromatic heterocycles. The molecule has 27 heavy (non-hydrogen) atoms. The van der Waals surface area contributed by atoms with Gasteiger partial charge in [0.15, 0.2) is 0 Å². The van der Waals surface area contributed by atoms with E-state index in [9.17, 15) is 19.8 Å². The van der Waals surface area contributed by atoms with Crippen LogP contribution in [-0.4, -0.2) is 39.1 Å². The molecule has 0 radical (unpaired) electrons. The second-order valence-electron chi connectivity index (χ2n) is 8.64. The SMILES string of the molecule is C[C@H]1CC([C@H](O)CC2CC(=O)N(Cc3ccccc3)C(=O)C2)[C@@H](O)[C@@H](C)C1. The fourth-order valence-corrected chi connectivity index (χ4v) is 4.83. The normalized spacial score (nSPS) is 31.2. The molecule has 148 valence electrons. The maximum absolute atomic E-state index is 12.5. The number of carbonyl (C=O) groups excluding carboxylic acids is 2. The van der Waals surface area contributed by atoms with E-state index in [-0.39, 0.29) is 42.4 Å². The number of benzene rings is 1. The molecule has 1 heterocycles. The zero-order chi connectivity index (χ0) is 19.6. The Balaban J connectivity index is 1.58. The van der Waals surface area contributed by atoms with Crippen LogP contribution < -0.4 is 0 Å². The third-order valence-electron chi connectivity index (χ3n) is 6.25. The molecular formula is C22H31NO4. The lowest BCUT2D eigenvalue weighted by Crippen LogP contribution is -2.45. The summed E-state index contributed by atoms with van der Waals surface area (Å²) in [6.45, 7) is 4.48. The van der Waals surface area contributed by atoms with Crippen LogP contribution in [0.1, 0.15) is 51.5 Å². The van der Waals surface area contributed by atoms with Crippen LogP contribution in [-0.2, 0) is 16.1 Å². The van der Waals surface area contributed by atoms with Crippen molar-refractivity contribution in [2.45, 2.75) is 64.7 Å². The molecule has 3 rings (SSSR count). The van der Waals surface area contributed by atoms with Crippen LogP contribution in [0.4, 0.5) is 0 Å². The number of rotatable bonds is 5. The van der Waals surface area contributed by atoms with Gasteiger partial charge in [0.05, 0.1) is 18.8 Å². The summed E-state index contributed by atoms with van der Waals surface area (Å²) >= 11 is 0. The lowest BCUT2D eigenvalue weighted by molar-refractivity contribution is -0.151. The van der Waals surface area contributed by atoms with E-state index in [1.165, 1.54) is 4.90 Å². The Morgan fingerprint density at radius 1 is 1.07 bits per heavy atom. The molecule has 5 heteroatoms. The fraction of sp³-hybridized carbons (Fsp3) is 0.636. The molecule has 2 amide bonds.